The zero-order valence-corrected chi connectivity index (χ0v) is 12.6. The summed E-state index contributed by atoms with van der Waals surface area (Å²) in [4.78, 5) is 7.90. The molecule has 0 bridgehead atoms. The Balaban J connectivity index is 1.95. The molecule has 0 radical (unpaired) electrons. The van der Waals surface area contributed by atoms with Gasteiger partial charge in [0, 0.05) is 10.0 Å². The molecule has 2 heterocycles. The van der Waals surface area contributed by atoms with Crippen molar-refractivity contribution in [2.75, 3.05) is 5.32 Å². The number of para-hydroxylation sites is 2. The molecule has 5 nitrogen and oxygen atoms in total. The lowest BCUT2D eigenvalue weighted by molar-refractivity contribution is -0.674. The maximum absolute atomic E-state index is 5.93. The highest BCUT2D eigenvalue weighted by Crippen LogP contribution is 2.24. The molecule has 0 saturated heterocycles. The van der Waals surface area contributed by atoms with Crippen LogP contribution in [0.4, 0.5) is 5.95 Å². The van der Waals surface area contributed by atoms with Crippen molar-refractivity contribution in [3.63, 3.8) is 0 Å². The third-order valence-electron chi connectivity index (χ3n) is 3.58. The van der Waals surface area contributed by atoms with Gasteiger partial charge in [-0.05, 0) is 24.3 Å². The number of imidazole rings is 1. The summed E-state index contributed by atoms with van der Waals surface area (Å²) >= 11 is 3.46. The summed E-state index contributed by atoms with van der Waals surface area (Å²) in [5.41, 5.74) is 9.14. The molecule has 6 heteroatoms. The molecule has 0 saturated carbocycles. The number of halogens is 1. The molecular weight excluding hydrogens is 330 g/mol. The van der Waals surface area contributed by atoms with Crippen LogP contribution >= 0.6 is 15.9 Å². The van der Waals surface area contributed by atoms with Crippen LogP contribution in [0.3, 0.4) is 0 Å². The first kappa shape index (κ1) is 12.4. The number of nitrogens with zero attached hydrogens (tertiary/aromatic N) is 2. The van der Waals surface area contributed by atoms with Gasteiger partial charge in [0.25, 0.3) is 5.96 Å². The first-order valence-corrected chi connectivity index (χ1v) is 7.40. The minimum atomic E-state index is -0.175. The summed E-state index contributed by atoms with van der Waals surface area (Å²) in [5, 5.41) is 3.09. The van der Waals surface area contributed by atoms with Crippen molar-refractivity contribution in [1.82, 2.24) is 4.98 Å². The van der Waals surface area contributed by atoms with Crippen molar-refractivity contribution >= 4 is 38.9 Å². The molecule has 0 unspecified atom stereocenters. The number of anilines is 1. The smallest absolute Gasteiger partial charge is 0.357 e. The van der Waals surface area contributed by atoms with Gasteiger partial charge >= 0.3 is 5.95 Å². The van der Waals surface area contributed by atoms with Crippen LogP contribution in [0, 0.1) is 0 Å². The molecule has 0 spiro atoms. The number of aromatic amines is 1. The van der Waals surface area contributed by atoms with Crippen molar-refractivity contribution < 1.29 is 4.57 Å². The van der Waals surface area contributed by atoms with E-state index in [1.54, 1.807) is 0 Å². The molecule has 1 aromatic heterocycles. The summed E-state index contributed by atoms with van der Waals surface area (Å²) in [5.74, 6) is 1.26. The van der Waals surface area contributed by atoms with Gasteiger partial charge in [-0.3, -0.25) is 0 Å². The maximum Gasteiger partial charge on any atom is 0.365 e. The molecule has 4 N–H and O–H groups in total. The van der Waals surface area contributed by atoms with Crippen molar-refractivity contribution in [1.29, 1.82) is 0 Å². The van der Waals surface area contributed by atoms with E-state index in [1.807, 2.05) is 30.3 Å². The SMILES string of the molecule is NC1=N[C@@H](c2ccc(Br)cc2)[n+]2c([nH]c3ccccc32)N1. The number of hydrogen-bond donors (Lipinski definition) is 3. The number of aromatic nitrogens is 2. The Hall–Kier alpha value is -2.34. The lowest BCUT2D eigenvalue weighted by atomic mass is 10.1. The molecule has 104 valence electrons. The number of benzene rings is 2. The molecular formula is C15H13BrN5+. The molecule has 21 heavy (non-hydrogen) atoms. The fourth-order valence-electron chi connectivity index (χ4n) is 2.64. The molecule has 0 fully saturated rings. The summed E-state index contributed by atoms with van der Waals surface area (Å²) in [7, 11) is 0. The second kappa shape index (κ2) is 4.60. The summed E-state index contributed by atoms with van der Waals surface area (Å²) in [6.07, 6.45) is -0.175. The van der Waals surface area contributed by atoms with Gasteiger partial charge in [-0.2, -0.15) is 4.99 Å². The van der Waals surface area contributed by atoms with Gasteiger partial charge in [-0.25, -0.2) is 14.9 Å². The third-order valence-corrected chi connectivity index (χ3v) is 4.11. The predicted octanol–water partition coefficient (Wildman–Crippen LogP) is 2.50. The Morgan fingerprint density at radius 1 is 1.10 bits per heavy atom. The molecule has 0 aliphatic carbocycles. The first-order valence-electron chi connectivity index (χ1n) is 6.60. The van der Waals surface area contributed by atoms with Crippen molar-refractivity contribution in [3.05, 3.63) is 58.6 Å². The lowest BCUT2D eigenvalue weighted by Crippen LogP contribution is -2.48. The van der Waals surface area contributed by atoms with Gasteiger partial charge < -0.3 is 5.73 Å². The summed E-state index contributed by atoms with van der Waals surface area (Å²) in [6.45, 7) is 0. The van der Waals surface area contributed by atoms with Crippen LogP contribution < -0.4 is 15.6 Å². The van der Waals surface area contributed by atoms with Gasteiger partial charge in [0.15, 0.2) is 0 Å². The number of fused-ring (bicyclic) bond motifs is 3. The Morgan fingerprint density at radius 3 is 2.67 bits per heavy atom. The van der Waals surface area contributed by atoms with Crippen LogP contribution in [-0.4, -0.2) is 10.9 Å². The number of guanidine groups is 1. The predicted molar refractivity (Wildman–Crippen MR) is 86.0 cm³/mol. The van der Waals surface area contributed by atoms with Gasteiger partial charge in [0.1, 0.15) is 11.0 Å². The van der Waals surface area contributed by atoms with Crippen molar-refractivity contribution in [2.24, 2.45) is 10.7 Å². The van der Waals surface area contributed by atoms with Crippen LogP contribution in [-0.2, 0) is 0 Å². The number of hydrogen-bond acceptors (Lipinski definition) is 3. The normalized spacial score (nSPS) is 17.2. The fraction of sp³-hybridized carbons (Fsp3) is 0.0667. The second-order valence-electron chi connectivity index (χ2n) is 4.93. The third kappa shape index (κ3) is 1.99. The standard InChI is InChI=1S/C15H12BrN5/c16-10-7-5-9(6-8-10)13-19-14(17)20-15-18-11-3-1-2-4-12(11)21(13)15/h1-8,13H,(H3,17,18,19,20)/p+1/t13-/m1/s1. The highest BCUT2D eigenvalue weighted by Gasteiger charge is 2.30. The lowest BCUT2D eigenvalue weighted by Gasteiger charge is -2.18. The van der Waals surface area contributed by atoms with E-state index in [4.69, 9.17) is 5.73 Å². The average molecular weight is 343 g/mol. The molecule has 3 aromatic rings. The highest BCUT2D eigenvalue weighted by atomic mass is 79.9. The van der Waals surface area contributed by atoms with E-state index in [-0.39, 0.29) is 6.17 Å². The van der Waals surface area contributed by atoms with Crippen molar-refractivity contribution in [3.8, 4) is 0 Å². The van der Waals surface area contributed by atoms with E-state index in [0.29, 0.717) is 5.96 Å². The molecule has 4 rings (SSSR count). The van der Waals surface area contributed by atoms with Crippen molar-refractivity contribution in [2.45, 2.75) is 6.17 Å². The molecule has 1 aliphatic heterocycles. The Bertz CT molecular complexity index is 850. The van der Waals surface area contributed by atoms with E-state index >= 15 is 0 Å². The summed E-state index contributed by atoms with van der Waals surface area (Å²) in [6, 6.07) is 16.3. The number of rotatable bonds is 1. The first-order chi connectivity index (χ1) is 10.2. The Labute approximate surface area is 129 Å². The largest absolute Gasteiger partial charge is 0.365 e. The van der Waals surface area contributed by atoms with Gasteiger partial charge in [0.2, 0.25) is 6.17 Å². The van der Waals surface area contributed by atoms with Crippen LogP contribution in [0.2, 0.25) is 0 Å². The molecule has 1 atom stereocenters. The van der Waals surface area contributed by atoms with E-state index in [2.05, 4.69) is 54.0 Å². The van der Waals surface area contributed by atoms with Crippen LogP contribution in [0.5, 0.6) is 0 Å². The number of H-pyrrole nitrogens is 1. The van der Waals surface area contributed by atoms with Crippen LogP contribution in [0.15, 0.2) is 58.0 Å². The topological polar surface area (TPSA) is 70.1 Å². The second-order valence-corrected chi connectivity index (χ2v) is 5.84. The zero-order valence-electron chi connectivity index (χ0n) is 11.0. The number of aliphatic imine (C=N–C) groups is 1. The average Bonchev–Trinajstić information content (AvgIpc) is 2.85. The van der Waals surface area contributed by atoms with E-state index in [0.717, 1.165) is 27.0 Å². The van der Waals surface area contributed by atoms with E-state index in [9.17, 15) is 0 Å². The molecule has 0 amide bonds. The van der Waals surface area contributed by atoms with Crippen LogP contribution in [0.1, 0.15) is 11.7 Å². The fourth-order valence-corrected chi connectivity index (χ4v) is 2.91. The van der Waals surface area contributed by atoms with E-state index < -0.39 is 0 Å². The minimum absolute atomic E-state index is 0.175. The summed E-state index contributed by atoms with van der Waals surface area (Å²) < 4.78 is 3.16. The van der Waals surface area contributed by atoms with Gasteiger partial charge in [0.05, 0.1) is 0 Å². The zero-order chi connectivity index (χ0) is 14.4. The monoisotopic (exact) mass is 342 g/mol. The quantitative estimate of drug-likeness (QED) is 0.594. The Kier molecular flexibility index (Phi) is 2.71. The van der Waals surface area contributed by atoms with Crippen LogP contribution in [0.25, 0.3) is 11.0 Å². The Morgan fingerprint density at radius 2 is 1.86 bits per heavy atom. The number of nitrogens with two attached hydrogens (primary N) is 1. The molecule has 1 aliphatic rings. The number of nitrogens with one attached hydrogen (secondary N) is 2. The highest BCUT2D eigenvalue weighted by molar-refractivity contribution is 9.10. The maximum atomic E-state index is 5.93. The minimum Gasteiger partial charge on any atom is -0.357 e. The van der Waals surface area contributed by atoms with Gasteiger partial charge in [-0.1, -0.05) is 40.2 Å². The van der Waals surface area contributed by atoms with E-state index in [1.165, 1.54) is 0 Å². The molecule has 2 aromatic carbocycles. The van der Waals surface area contributed by atoms with Gasteiger partial charge in [-0.15, -0.1) is 0 Å².